The Kier molecular flexibility index (Phi) is 8.06. The first kappa shape index (κ1) is 26.3. The third kappa shape index (κ3) is 5.85. The van der Waals surface area contributed by atoms with Crippen molar-refractivity contribution >= 4 is 29.5 Å². The topological polar surface area (TPSA) is 63.6 Å². The number of benzene rings is 2. The van der Waals surface area contributed by atoms with Crippen LogP contribution in [0.2, 0.25) is 30.7 Å². The molecule has 1 aliphatic rings. The number of aliphatic hydroxyl groups excluding tert-OH is 1. The smallest absolute Gasteiger partial charge is 0.188 e. The summed E-state index contributed by atoms with van der Waals surface area (Å²) in [5, 5.41) is 11.0. The molecule has 0 aliphatic heterocycles. The molecule has 1 N–H and O–H groups in total. The molecule has 1 fully saturated rings. The predicted molar refractivity (Wildman–Crippen MR) is 129 cm³/mol. The fraction of sp³-hybridized carbons (Fsp3) is 0.500. The van der Waals surface area contributed by atoms with E-state index in [2.05, 4.69) is 19.6 Å². The third-order valence-electron chi connectivity index (χ3n) is 6.37. The number of hydrogen-bond acceptors (Lipinski definition) is 4. The minimum atomic E-state index is -4.17. The number of sulfone groups is 1. The quantitative estimate of drug-likeness (QED) is 0.355. The predicted octanol–water partition coefficient (Wildman–Crippen LogP) is 5.80. The fourth-order valence-corrected chi connectivity index (χ4v) is 7.48. The van der Waals surface area contributed by atoms with Gasteiger partial charge in [0.15, 0.2) is 9.84 Å². The maximum atomic E-state index is 15.0. The molecule has 4 nitrogen and oxygen atoms in total. The summed E-state index contributed by atoms with van der Waals surface area (Å²) in [6.45, 7) is 7.34. The fourth-order valence-electron chi connectivity index (χ4n) is 4.38. The van der Waals surface area contributed by atoms with Crippen molar-refractivity contribution in [2.45, 2.75) is 60.7 Å². The third-order valence-corrected chi connectivity index (χ3v) is 10.8. The highest BCUT2D eigenvalue weighted by Gasteiger charge is 2.52. The van der Waals surface area contributed by atoms with Gasteiger partial charge in [-0.1, -0.05) is 31.2 Å². The lowest BCUT2D eigenvalue weighted by Gasteiger charge is -2.43. The van der Waals surface area contributed by atoms with E-state index >= 15 is 4.39 Å². The van der Waals surface area contributed by atoms with Gasteiger partial charge in [-0.15, -0.1) is 0 Å². The lowest BCUT2D eigenvalue weighted by molar-refractivity contribution is -0.00277. The molecular formula is C24H31ClF2O4SSi. The molecule has 3 rings (SSSR count). The highest BCUT2D eigenvalue weighted by Crippen LogP contribution is 2.49. The van der Waals surface area contributed by atoms with E-state index in [-0.39, 0.29) is 36.3 Å². The molecule has 1 aliphatic carbocycles. The van der Waals surface area contributed by atoms with Crippen molar-refractivity contribution in [1.29, 1.82) is 0 Å². The first-order valence-electron chi connectivity index (χ1n) is 11.1. The molecule has 3 unspecified atom stereocenters. The second-order valence-corrected chi connectivity index (χ2v) is 18.3. The molecule has 9 heteroatoms. The van der Waals surface area contributed by atoms with E-state index in [0.29, 0.717) is 11.6 Å². The van der Waals surface area contributed by atoms with E-state index in [1.54, 1.807) is 0 Å². The minimum absolute atomic E-state index is 0.0228. The van der Waals surface area contributed by atoms with E-state index in [9.17, 15) is 17.9 Å². The van der Waals surface area contributed by atoms with Crippen molar-refractivity contribution in [3.8, 4) is 0 Å². The molecule has 0 spiro atoms. The van der Waals surface area contributed by atoms with Crippen molar-refractivity contribution in [2.24, 2.45) is 5.92 Å². The molecule has 2 aromatic rings. The van der Waals surface area contributed by atoms with Crippen LogP contribution in [0.15, 0.2) is 47.4 Å². The molecule has 3 atom stereocenters. The first-order chi connectivity index (χ1) is 15.4. The molecule has 0 aromatic heterocycles. The van der Waals surface area contributed by atoms with Gasteiger partial charge in [0.25, 0.3) is 0 Å². The highest BCUT2D eigenvalue weighted by atomic mass is 35.5. The number of halogens is 3. The van der Waals surface area contributed by atoms with Gasteiger partial charge >= 0.3 is 0 Å². The second-order valence-electron chi connectivity index (χ2n) is 10.0. The maximum Gasteiger partial charge on any atom is 0.188 e. The molecule has 0 radical (unpaired) electrons. The van der Waals surface area contributed by atoms with Crippen LogP contribution in [0, 0.1) is 17.6 Å². The summed E-state index contributed by atoms with van der Waals surface area (Å²) in [6.07, 6.45) is -0.774. The van der Waals surface area contributed by atoms with E-state index < -0.39 is 46.3 Å². The SMILES string of the molecule is C[Si](C)(C)CCOCC1CC(c2cc(F)ccc2F)(S(=O)(=O)c2ccc(Cl)cc2)CCC1O. The van der Waals surface area contributed by atoms with Crippen LogP contribution < -0.4 is 0 Å². The van der Waals surface area contributed by atoms with Crippen LogP contribution in [0.4, 0.5) is 8.78 Å². The van der Waals surface area contributed by atoms with Gasteiger partial charge in [-0.25, -0.2) is 17.2 Å². The molecular weight excluding hydrogens is 486 g/mol. The van der Waals surface area contributed by atoms with Crippen molar-refractivity contribution in [3.63, 3.8) is 0 Å². The summed E-state index contributed by atoms with van der Waals surface area (Å²) in [7, 11) is -5.49. The standard InChI is InChI=1S/C24H31ClF2O4SSi/c1-33(2,3)13-12-31-16-17-15-24(11-10-23(17)28,21-14-19(26)6-9-22(21)27)32(29,30)20-7-4-18(25)5-8-20/h4-9,14,17,23,28H,10-13,15-16H2,1-3H3. The van der Waals surface area contributed by atoms with Crippen LogP contribution in [0.1, 0.15) is 24.8 Å². The Morgan fingerprint density at radius 2 is 1.82 bits per heavy atom. The number of hydrogen-bond donors (Lipinski definition) is 1. The molecule has 0 heterocycles. The summed E-state index contributed by atoms with van der Waals surface area (Å²) in [5.41, 5.74) is -0.212. The summed E-state index contributed by atoms with van der Waals surface area (Å²) in [5.74, 6) is -2.04. The summed E-state index contributed by atoms with van der Waals surface area (Å²) >= 11 is 5.94. The van der Waals surface area contributed by atoms with Crippen molar-refractivity contribution in [3.05, 3.63) is 64.7 Å². The summed E-state index contributed by atoms with van der Waals surface area (Å²) in [6, 6.07) is 9.48. The van der Waals surface area contributed by atoms with E-state index in [4.69, 9.17) is 16.3 Å². The van der Waals surface area contributed by atoms with Gasteiger partial charge in [-0.3, -0.25) is 0 Å². The molecule has 0 saturated heterocycles. The van der Waals surface area contributed by atoms with Crippen molar-refractivity contribution in [2.75, 3.05) is 13.2 Å². The van der Waals surface area contributed by atoms with Crippen LogP contribution in [0.25, 0.3) is 0 Å². The van der Waals surface area contributed by atoms with Gasteiger partial charge in [-0.2, -0.15) is 0 Å². The molecule has 1 saturated carbocycles. The first-order valence-corrected chi connectivity index (χ1v) is 16.6. The molecule has 0 amide bonds. The molecule has 33 heavy (non-hydrogen) atoms. The lowest BCUT2D eigenvalue weighted by atomic mass is 9.75. The van der Waals surface area contributed by atoms with Crippen LogP contribution in [0.3, 0.4) is 0 Å². The van der Waals surface area contributed by atoms with Gasteiger partial charge in [0.2, 0.25) is 0 Å². The molecule has 0 bridgehead atoms. The molecule has 182 valence electrons. The van der Waals surface area contributed by atoms with E-state index in [1.165, 1.54) is 24.3 Å². The van der Waals surface area contributed by atoms with Crippen LogP contribution in [0.5, 0.6) is 0 Å². The Morgan fingerprint density at radius 1 is 1.15 bits per heavy atom. The minimum Gasteiger partial charge on any atom is -0.393 e. The van der Waals surface area contributed by atoms with Crippen molar-refractivity contribution < 1.29 is 27.0 Å². The van der Waals surface area contributed by atoms with Crippen LogP contribution in [-0.2, 0) is 19.3 Å². The summed E-state index contributed by atoms with van der Waals surface area (Å²) in [4.78, 5) is -0.0228. The Balaban J connectivity index is 2.02. The van der Waals surface area contributed by atoms with Gasteiger partial charge in [-0.05, 0) is 67.8 Å². The van der Waals surface area contributed by atoms with E-state index in [0.717, 1.165) is 24.2 Å². The lowest BCUT2D eigenvalue weighted by Crippen LogP contribution is -2.47. The Labute approximate surface area is 200 Å². The zero-order valence-corrected chi connectivity index (χ0v) is 21.7. The highest BCUT2D eigenvalue weighted by molar-refractivity contribution is 7.92. The maximum absolute atomic E-state index is 15.0. The molecule has 2 aromatic carbocycles. The average molecular weight is 517 g/mol. The zero-order chi connectivity index (χ0) is 24.4. The van der Waals surface area contributed by atoms with E-state index in [1.807, 2.05) is 0 Å². The van der Waals surface area contributed by atoms with Crippen molar-refractivity contribution in [1.82, 2.24) is 0 Å². The Hall–Kier alpha value is -1.32. The number of ether oxygens (including phenoxy) is 1. The Bertz CT molecular complexity index is 1070. The van der Waals surface area contributed by atoms with Gasteiger partial charge in [0.1, 0.15) is 16.4 Å². The van der Waals surface area contributed by atoms with Crippen LogP contribution >= 0.6 is 11.6 Å². The Morgan fingerprint density at radius 3 is 2.45 bits per heavy atom. The van der Waals surface area contributed by atoms with Gasteiger partial charge < -0.3 is 9.84 Å². The normalized spacial score (nSPS) is 24.1. The average Bonchev–Trinajstić information content (AvgIpc) is 2.74. The number of aliphatic hydroxyl groups is 1. The second kappa shape index (κ2) is 10.1. The number of rotatable bonds is 8. The monoisotopic (exact) mass is 516 g/mol. The van der Waals surface area contributed by atoms with Gasteiger partial charge in [0, 0.05) is 31.2 Å². The zero-order valence-electron chi connectivity index (χ0n) is 19.2. The largest absolute Gasteiger partial charge is 0.393 e. The van der Waals surface area contributed by atoms with Gasteiger partial charge in [0.05, 0.1) is 17.6 Å². The van der Waals surface area contributed by atoms with Crippen LogP contribution in [-0.4, -0.2) is 40.9 Å². The summed E-state index contributed by atoms with van der Waals surface area (Å²) < 4.78 is 61.2.